The van der Waals surface area contributed by atoms with Gasteiger partial charge in [0.15, 0.2) is 12.4 Å². The summed E-state index contributed by atoms with van der Waals surface area (Å²) >= 11 is 5.86. The Morgan fingerprint density at radius 2 is 1.26 bits per heavy atom. The van der Waals surface area contributed by atoms with E-state index in [1.54, 1.807) is 54.6 Å². The van der Waals surface area contributed by atoms with Crippen LogP contribution in [0.5, 0.6) is 0 Å². The Bertz CT molecular complexity index is 1320. The Hall–Kier alpha value is -4.22. The smallest absolute Gasteiger partial charge is 0.340 e. The average Bonchev–Trinajstić information content (AvgIpc) is 2.88. The fourth-order valence-electron chi connectivity index (χ4n) is 3.34. The van der Waals surface area contributed by atoms with Gasteiger partial charge in [0.2, 0.25) is 0 Å². The van der Waals surface area contributed by atoms with E-state index in [2.05, 4.69) is 5.32 Å². The second-order valence-corrected chi connectivity index (χ2v) is 7.89. The fraction of sp³-hybridized carbons (Fsp3) is 0.0357. The van der Waals surface area contributed by atoms with Gasteiger partial charge < -0.3 is 10.1 Å². The van der Waals surface area contributed by atoms with Crippen LogP contribution in [0.15, 0.2) is 103 Å². The van der Waals surface area contributed by atoms with Crippen LogP contribution in [0.1, 0.15) is 31.1 Å². The maximum absolute atomic E-state index is 12.7. The Labute approximate surface area is 202 Å². The highest BCUT2D eigenvalue weighted by atomic mass is 35.5. The summed E-state index contributed by atoms with van der Waals surface area (Å²) in [6.45, 7) is -0.414. The minimum absolute atomic E-state index is 0.150. The molecule has 0 bridgehead atoms. The van der Waals surface area contributed by atoms with E-state index >= 15 is 0 Å². The Morgan fingerprint density at radius 1 is 0.676 bits per heavy atom. The van der Waals surface area contributed by atoms with Crippen molar-refractivity contribution in [2.45, 2.75) is 0 Å². The molecule has 1 amide bonds. The number of rotatable bonds is 7. The molecule has 0 aliphatic heterocycles. The van der Waals surface area contributed by atoms with Crippen LogP contribution in [0.4, 0.5) is 5.69 Å². The number of hydrogen-bond donors (Lipinski definition) is 1. The van der Waals surface area contributed by atoms with Crippen molar-refractivity contribution in [3.05, 3.63) is 125 Å². The van der Waals surface area contributed by atoms with Gasteiger partial charge in [-0.2, -0.15) is 0 Å². The van der Waals surface area contributed by atoms with E-state index < -0.39 is 18.5 Å². The summed E-state index contributed by atoms with van der Waals surface area (Å²) in [5.41, 5.74) is 3.30. The van der Waals surface area contributed by atoms with Gasteiger partial charge in [-0.15, -0.1) is 0 Å². The summed E-state index contributed by atoms with van der Waals surface area (Å²) < 4.78 is 5.25. The van der Waals surface area contributed by atoms with E-state index in [4.69, 9.17) is 16.3 Å². The summed E-state index contributed by atoms with van der Waals surface area (Å²) in [7, 11) is 0. The molecule has 168 valence electrons. The van der Waals surface area contributed by atoms with Gasteiger partial charge in [-0.05, 0) is 47.5 Å². The van der Waals surface area contributed by atoms with Gasteiger partial charge in [0, 0.05) is 16.1 Å². The van der Waals surface area contributed by atoms with Gasteiger partial charge in [-0.25, -0.2) is 4.79 Å². The number of benzene rings is 4. The van der Waals surface area contributed by atoms with Crippen molar-refractivity contribution < 1.29 is 19.1 Å². The third kappa shape index (κ3) is 5.57. The van der Waals surface area contributed by atoms with Crippen LogP contribution in [0.25, 0.3) is 11.1 Å². The quantitative estimate of drug-likeness (QED) is 0.254. The van der Waals surface area contributed by atoms with Crippen molar-refractivity contribution in [3.8, 4) is 11.1 Å². The lowest BCUT2D eigenvalue weighted by Gasteiger charge is -2.11. The zero-order valence-corrected chi connectivity index (χ0v) is 18.8. The van der Waals surface area contributed by atoms with Crippen LogP contribution in [-0.2, 0) is 4.74 Å². The number of amides is 1. The number of para-hydroxylation sites is 1. The molecule has 0 saturated carbocycles. The molecule has 0 saturated heterocycles. The van der Waals surface area contributed by atoms with Crippen molar-refractivity contribution in [2.75, 3.05) is 11.9 Å². The normalized spacial score (nSPS) is 10.4. The van der Waals surface area contributed by atoms with Crippen LogP contribution >= 0.6 is 11.6 Å². The van der Waals surface area contributed by atoms with Gasteiger partial charge >= 0.3 is 5.97 Å². The SMILES string of the molecule is O=C(COC(=O)c1ccccc1NC(=O)c1ccc(Cl)cc1)c1ccc(-c2ccccc2)cc1. The number of halogens is 1. The van der Waals surface area contributed by atoms with Crippen molar-refractivity contribution >= 4 is 34.9 Å². The fourth-order valence-corrected chi connectivity index (χ4v) is 3.46. The van der Waals surface area contributed by atoms with Crippen molar-refractivity contribution in [2.24, 2.45) is 0 Å². The molecule has 4 rings (SSSR count). The van der Waals surface area contributed by atoms with E-state index in [0.29, 0.717) is 16.1 Å². The maximum Gasteiger partial charge on any atom is 0.340 e. The van der Waals surface area contributed by atoms with E-state index in [1.807, 2.05) is 42.5 Å². The molecule has 0 spiro atoms. The van der Waals surface area contributed by atoms with Gasteiger partial charge in [0.25, 0.3) is 5.91 Å². The first-order valence-electron chi connectivity index (χ1n) is 10.5. The highest BCUT2D eigenvalue weighted by Gasteiger charge is 2.17. The Kier molecular flexibility index (Phi) is 7.16. The summed E-state index contributed by atoms with van der Waals surface area (Å²) in [6.07, 6.45) is 0. The van der Waals surface area contributed by atoms with Crippen LogP contribution < -0.4 is 5.32 Å². The number of carbonyl (C=O) groups is 3. The second-order valence-electron chi connectivity index (χ2n) is 7.45. The van der Waals surface area contributed by atoms with E-state index in [1.165, 1.54) is 6.07 Å². The van der Waals surface area contributed by atoms with E-state index in [9.17, 15) is 14.4 Å². The third-order valence-corrected chi connectivity index (χ3v) is 5.40. The molecule has 0 fully saturated rings. The predicted octanol–water partition coefficient (Wildman–Crippen LogP) is 6.30. The Morgan fingerprint density at radius 3 is 1.97 bits per heavy atom. The van der Waals surface area contributed by atoms with Gasteiger partial charge in [-0.3, -0.25) is 9.59 Å². The summed E-state index contributed by atoms with van der Waals surface area (Å²) in [4.78, 5) is 37.7. The largest absolute Gasteiger partial charge is 0.454 e. The van der Waals surface area contributed by atoms with Gasteiger partial charge in [0.05, 0.1) is 11.3 Å². The molecule has 0 aromatic heterocycles. The Balaban J connectivity index is 1.40. The lowest BCUT2D eigenvalue weighted by atomic mass is 10.0. The van der Waals surface area contributed by atoms with Crippen molar-refractivity contribution in [1.29, 1.82) is 0 Å². The second kappa shape index (κ2) is 10.6. The highest BCUT2D eigenvalue weighted by Crippen LogP contribution is 2.21. The van der Waals surface area contributed by atoms with E-state index in [0.717, 1.165) is 11.1 Å². The van der Waals surface area contributed by atoms with Crippen molar-refractivity contribution in [1.82, 2.24) is 0 Å². The first-order valence-corrected chi connectivity index (χ1v) is 10.9. The van der Waals surface area contributed by atoms with Crippen LogP contribution in [0.2, 0.25) is 5.02 Å². The van der Waals surface area contributed by atoms with Crippen molar-refractivity contribution in [3.63, 3.8) is 0 Å². The standard InChI is InChI=1S/C28H20ClNO4/c29-23-16-14-22(15-17-23)27(32)30-25-9-5-4-8-24(25)28(33)34-18-26(31)21-12-10-20(11-13-21)19-6-2-1-3-7-19/h1-17H,18H2,(H,30,32). The minimum atomic E-state index is -0.707. The number of carbonyl (C=O) groups excluding carboxylic acids is 3. The molecular formula is C28H20ClNO4. The molecule has 34 heavy (non-hydrogen) atoms. The van der Waals surface area contributed by atoms with Crippen LogP contribution in [0, 0.1) is 0 Å². The lowest BCUT2D eigenvalue weighted by molar-refractivity contribution is 0.0475. The molecule has 4 aromatic rings. The summed E-state index contributed by atoms with van der Waals surface area (Å²) in [5.74, 6) is -1.43. The molecule has 0 aliphatic rings. The number of ether oxygens (including phenoxy) is 1. The molecule has 1 N–H and O–H groups in total. The third-order valence-electron chi connectivity index (χ3n) is 5.15. The van der Waals surface area contributed by atoms with Crippen LogP contribution in [0.3, 0.4) is 0 Å². The van der Waals surface area contributed by atoms with Crippen LogP contribution in [-0.4, -0.2) is 24.3 Å². The number of esters is 1. The minimum Gasteiger partial charge on any atom is -0.454 e. The zero-order valence-electron chi connectivity index (χ0n) is 18.0. The first-order chi connectivity index (χ1) is 16.5. The average molecular weight is 470 g/mol. The van der Waals surface area contributed by atoms with Gasteiger partial charge in [0.1, 0.15) is 0 Å². The molecular weight excluding hydrogens is 450 g/mol. The summed E-state index contributed by atoms with van der Waals surface area (Å²) in [6, 6.07) is 29.8. The molecule has 0 radical (unpaired) electrons. The zero-order chi connectivity index (χ0) is 23.9. The monoisotopic (exact) mass is 469 g/mol. The number of Topliss-reactive ketones (excluding diaryl/α,β-unsaturated/α-hetero) is 1. The molecule has 0 aliphatic carbocycles. The molecule has 0 unspecified atom stereocenters. The van der Waals surface area contributed by atoms with Gasteiger partial charge in [-0.1, -0.05) is 78.3 Å². The molecule has 4 aromatic carbocycles. The first kappa shape index (κ1) is 23.0. The summed E-state index contributed by atoms with van der Waals surface area (Å²) in [5, 5.41) is 3.21. The number of ketones is 1. The number of anilines is 1. The molecule has 0 heterocycles. The predicted molar refractivity (Wildman–Crippen MR) is 132 cm³/mol. The van der Waals surface area contributed by atoms with E-state index in [-0.39, 0.29) is 17.0 Å². The topological polar surface area (TPSA) is 72.5 Å². The number of hydrogen-bond acceptors (Lipinski definition) is 4. The molecule has 0 atom stereocenters. The molecule has 5 nitrogen and oxygen atoms in total. The number of nitrogens with one attached hydrogen (secondary N) is 1. The highest BCUT2D eigenvalue weighted by molar-refractivity contribution is 6.30. The maximum atomic E-state index is 12.7. The lowest BCUT2D eigenvalue weighted by Crippen LogP contribution is -2.18. The molecule has 6 heteroatoms.